The number of unbranched alkanes of at least 4 members (excludes halogenated alkanes) is 14. The fourth-order valence-corrected chi connectivity index (χ4v) is 13.0. The molecule has 0 radical (unpaired) electrons. The number of thiophene rings is 5. The van der Waals surface area contributed by atoms with Crippen LogP contribution in [-0.4, -0.2) is 0 Å². The van der Waals surface area contributed by atoms with Gasteiger partial charge in [0.2, 0.25) is 0 Å². The highest BCUT2D eigenvalue weighted by atomic mass is 32.1. The molecule has 0 saturated heterocycles. The highest BCUT2D eigenvalue weighted by Gasteiger charge is 2.24. The Balaban J connectivity index is 1.39. The summed E-state index contributed by atoms with van der Waals surface area (Å²) in [4.78, 5) is 8.95. The molecule has 43 heavy (non-hydrogen) atoms. The Hall–Kier alpha value is -0.980. The Morgan fingerprint density at radius 1 is 0.395 bits per heavy atom. The van der Waals surface area contributed by atoms with E-state index in [0.717, 1.165) is 0 Å². The van der Waals surface area contributed by atoms with Crippen molar-refractivity contribution in [3.63, 3.8) is 0 Å². The van der Waals surface area contributed by atoms with E-state index >= 15 is 0 Å². The summed E-state index contributed by atoms with van der Waals surface area (Å²) < 4.78 is 6.39. The first-order valence-corrected chi connectivity index (χ1v) is 21.3. The van der Waals surface area contributed by atoms with Crippen molar-refractivity contribution in [1.29, 1.82) is 0 Å². The molecule has 0 aliphatic carbocycles. The van der Waals surface area contributed by atoms with Gasteiger partial charge in [0.25, 0.3) is 0 Å². The second-order valence-corrected chi connectivity index (χ2v) is 18.1. The van der Waals surface area contributed by atoms with Gasteiger partial charge in [-0.2, -0.15) is 0 Å². The molecular weight excluding hydrogens is 617 g/mol. The predicted octanol–water partition coefficient (Wildman–Crippen LogP) is 15.6. The lowest BCUT2D eigenvalue weighted by Crippen LogP contribution is -1.87. The van der Waals surface area contributed by atoms with Crippen molar-refractivity contribution in [1.82, 2.24) is 0 Å². The lowest BCUT2D eigenvalue weighted by Gasteiger charge is -2.05. The van der Waals surface area contributed by atoms with Crippen LogP contribution < -0.4 is 0 Å². The minimum Gasteiger partial charge on any atom is -0.140 e. The second-order valence-electron chi connectivity index (χ2n) is 12.5. The van der Waals surface area contributed by atoms with Crippen LogP contribution in [0.3, 0.4) is 0 Å². The number of rotatable bonds is 20. The Morgan fingerprint density at radius 3 is 1.12 bits per heavy atom. The van der Waals surface area contributed by atoms with E-state index in [4.69, 9.17) is 0 Å². The second kappa shape index (κ2) is 17.1. The monoisotopic (exact) mass is 668 g/mol. The zero-order valence-electron chi connectivity index (χ0n) is 27.1. The molecule has 0 atom stereocenters. The van der Waals surface area contributed by atoms with E-state index in [0.29, 0.717) is 0 Å². The molecule has 0 spiro atoms. The maximum atomic E-state index is 2.38. The third-order valence-electron chi connectivity index (χ3n) is 8.82. The smallest absolute Gasteiger partial charge is 0.0639 e. The standard InChI is InChI=1S/C38H52S5/c1-5-7-9-11-13-15-17-19-21-29-33(31-25-23-27(3)39-31)41-37-35(29)43-36-30(22-20-18-16-14-12-10-8-6-2)34(42-38(36)37)32-26-24-28(4)40-32/h23-26H,5-22H2,1-4H3. The summed E-state index contributed by atoms with van der Waals surface area (Å²) in [6, 6.07) is 9.39. The first-order valence-electron chi connectivity index (χ1n) is 17.2. The summed E-state index contributed by atoms with van der Waals surface area (Å²) in [5, 5.41) is 0. The van der Waals surface area contributed by atoms with Crippen LogP contribution in [0.5, 0.6) is 0 Å². The minimum atomic E-state index is 1.24. The molecule has 0 saturated carbocycles. The number of hydrogen-bond acceptors (Lipinski definition) is 5. The Labute approximate surface area is 281 Å². The molecule has 0 aliphatic heterocycles. The molecule has 0 fully saturated rings. The summed E-state index contributed by atoms with van der Waals surface area (Å²) >= 11 is 10.3. The summed E-state index contributed by atoms with van der Waals surface area (Å²) in [6.07, 6.45) is 24.7. The van der Waals surface area contributed by atoms with Crippen LogP contribution in [0.1, 0.15) is 137 Å². The van der Waals surface area contributed by atoms with Crippen LogP contribution in [0.15, 0.2) is 24.3 Å². The highest BCUT2D eigenvalue weighted by molar-refractivity contribution is 7.41. The van der Waals surface area contributed by atoms with Gasteiger partial charge in [-0.15, -0.1) is 56.7 Å². The van der Waals surface area contributed by atoms with Crippen molar-refractivity contribution in [2.45, 2.75) is 143 Å². The van der Waals surface area contributed by atoms with Crippen molar-refractivity contribution in [2.24, 2.45) is 0 Å². The lowest BCUT2D eigenvalue weighted by atomic mass is 10.0. The maximum Gasteiger partial charge on any atom is 0.0639 e. The molecule has 5 heteroatoms. The van der Waals surface area contributed by atoms with E-state index in [-0.39, 0.29) is 0 Å². The van der Waals surface area contributed by atoms with Crippen molar-refractivity contribution >= 4 is 75.5 Å². The number of fused-ring (bicyclic) bond motifs is 3. The Bertz CT molecular complexity index is 1420. The van der Waals surface area contributed by atoms with E-state index in [1.54, 1.807) is 39.7 Å². The van der Waals surface area contributed by atoms with Gasteiger partial charge >= 0.3 is 0 Å². The molecule has 5 rings (SSSR count). The molecular formula is C38H52S5. The molecule has 0 nitrogen and oxygen atoms in total. The summed E-state index contributed by atoms with van der Waals surface area (Å²) in [5.74, 6) is 0. The van der Waals surface area contributed by atoms with E-state index in [1.165, 1.54) is 135 Å². The van der Waals surface area contributed by atoms with Gasteiger partial charge < -0.3 is 0 Å². The van der Waals surface area contributed by atoms with Crippen LogP contribution in [0.2, 0.25) is 0 Å². The van der Waals surface area contributed by atoms with E-state index < -0.39 is 0 Å². The first-order chi connectivity index (χ1) is 21.1. The minimum absolute atomic E-state index is 1.24. The normalized spacial score (nSPS) is 12.0. The van der Waals surface area contributed by atoms with Crippen molar-refractivity contribution in [2.75, 3.05) is 0 Å². The number of aryl methyl sites for hydroxylation is 4. The SMILES string of the molecule is CCCCCCCCCCc1c(-c2ccc(C)s2)sc2c1sc1c(CCCCCCCCCC)c(-c3ccc(C)s3)sc12. The molecule has 0 aromatic carbocycles. The van der Waals surface area contributed by atoms with Crippen LogP contribution in [0.4, 0.5) is 0 Å². The Morgan fingerprint density at radius 2 is 0.767 bits per heavy atom. The quantitative estimate of drug-likeness (QED) is 0.0724. The molecule has 0 aliphatic rings. The third kappa shape index (κ3) is 8.64. The summed E-state index contributed by atoms with van der Waals surface area (Å²) in [5.41, 5.74) is 3.32. The molecule has 5 aromatic heterocycles. The Kier molecular flexibility index (Phi) is 13.3. The molecule has 0 amide bonds. The molecule has 5 heterocycles. The van der Waals surface area contributed by atoms with Crippen molar-refractivity contribution in [3.8, 4) is 19.5 Å². The van der Waals surface area contributed by atoms with Crippen LogP contribution >= 0.6 is 56.7 Å². The molecule has 0 N–H and O–H groups in total. The first kappa shape index (κ1) is 33.4. The van der Waals surface area contributed by atoms with Gasteiger partial charge in [-0.05, 0) is 74.9 Å². The largest absolute Gasteiger partial charge is 0.140 e. The fraction of sp³-hybridized carbons (Fsp3) is 0.579. The summed E-state index contributed by atoms with van der Waals surface area (Å²) in [6.45, 7) is 9.14. The van der Waals surface area contributed by atoms with E-state index in [1.807, 2.05) is 22.7 Å². The van der Waals surface area contributed by atoms with Gasteiger partial charge in [0, 0.05) is 29.3 Å². The fourth-order valence-electron chi connectivity index (χ4n) is 6.35. The maximum absolute atomic E-state index is 2.38. The van der Waals surface area contributed by atoms with Crippen LogP contribution in [0, 0.1) is 13.8 Å². The predicted molar refractivity (Wildman–Crippen MR) is 204 cm³/mol. The topological polar surface area (TPSA) is 0 Å². The zero-order chi connectivity index (χ0) is 30.0. The van der Waals surface area contributed by atoms with Gasteiger partial charge in [-0.3, -0.25) is 0 Å². The average molecular weight is 669 g/mol. The third-order valence-corrected chi connectivity index (χ3v) is 15.4. The average Bonchev–Trinajstić information content (AvgIpc) is 3.81. The van der Waals surface area contributed by atoms with Gasteiger partial charge in [-0.1, -0.05) is 104 Å². The molecule has 234 valence electrons. The molecule has 5 aromatic rings. The summed E-state index contributed by atoms with van der Waals surface area (Å²) in [7, 11) is 0. The van der Waals surface area contributed by atoms with Crippen molar-refractivity contribution < 1.29 is 0 Å². The van der Waals surface area contributed by atoms with Gasteiger partial charge in [-0.25, -0.2) is 0 Å². The van der Waals surface area contributed by atoms with Crippen LogP contribution in [0.25, 0.3) is 38.3 Å². The van der Waals surface area contributed by atoms with Gasteiger partial charge in [0.15, 0.2) is 0 Å². The van der Waals surface area contributed by atoms with Gasteiger partial charge in [0.1, 0.15) is 0 Å². The zero-order valence-corrected chi connectivity index (χ0v) is 31.2. The van der Waals surface area contributed by atoms with Gasteiger partial charge in [0.05, 0.1) is 18.8 Å². The van der Waals surface area contributed by atoms with E-state index in [9.17, 15) is 0 Å². The molecule has 0 unspecified atom stereocenters. The molecule has 0 bridgehead atoms. The lowest BCUT2D eigenvalue weighted by molar-refractivity contribution is 0.576. The highest BCUT2D eigenvalue weighted by Crippen LogP contribution is 2.54. The van der Waals surface area contributed by atoms with Crippen molar-refractivity contribution in [3.05, 3.63) is 45.1 Å². The number of hydrogen-bond donors (Lipinski definition) is 0. The van der Waals surface area contributed by atoms with E-state index in [2.05, 4.69) is 86.0 Å². The van der Waals surface area contributed by atoms with Crippen LogP contribution in [-0.2, 0) is 12.8 Å².